The molecule has 0 bridgehead atoms. The van der Waals surface area contributed by atoms with Crippen molar-refractivity contribution in [2.24, 2.45) is 0 Å². The maximum Gasteiger partial charge on any atom is 0.340 e. The van der Waals surface area contributed by atoms with Crippen LogP contribution in [-0.4, -0.2) is 50.9 Å². The van der Waals surface area contributed by atoms with E-state index in [0.29, 0.717) is 0 Å². The fraction of sp³-hybridized carbons (Fsp3) is 0.467. The lowest BCUT2D eigenvalue weighted by atomic mass is 10.2. The van der Waals surface area contributed by atoms with Gasteiger partial charge in [0.05, 0.1) is 18.1 Å². The van der Waals surface area contributed by atoms with Crippen LogP contribution in [0.3, 0.4) is 0 Å². The van der Waals surface area contributed by atoms with E-state index in [1.807, 2.05) is 0 Å². The minimum absolute atomic E-state index is 0.0594. The van der Waals surface area contributed by atoms with Gasteiger partial charge >= 0.3 is 11.9 Å². The van der Waals surface area contributed by atoms with Crippen molar-refractivity contribution in [3.63, 3.8) is 0 Å². The van der Waals surface area contributed by atoms with Crippen molar-refractivity contribution in [2.45, 2.75) is 37.9 Å². The van der Waals surface area contributed by atoms with E-state index in [0.717, 1.165) is 5.56 Å². The van der Waals surface area contributed by atoms with Gasteiger partial charge < -0.3 is 14.6 Å². The Balaban J connectivity index is 3.08. The standard InChI is InChI=1S/C15H20O8S/c1-4-21-14(17)12(16)13(15(18)22-5-2)23-24(19,20)11-8-6-10(3)7-9-11/h6-9,12-13,16H,4-5H2,1-3H3/t12-,13-/m0/s1. The number of hydrogen-bond donors (Lipinski definition) is 1. The number of rotatable bonds is 8. The number of carbonyl (C=O) groups is 2. The van der Waals surface area contributed by atoms with Crippen LogP contribution >= 0.6 is 0 Å². The van der Waals surface area contributed by atoms with Gasteiger partial charge in [-0.15, -0.1) is 0 Å². The van der Waals surface area contributed by atoms with E-state index < -0.39 is 34.3 Å². The predicted octanol–water partition coefficient (Wildman–Crippen LogP) is 0.556. The lowest BCUT2D eigenvalue weighted by molar-refractivity contribution is -0.170. The highest BCUT2D eigenvalue weighted by Gasteiger charge is 2.39. The van der Waals surface area contributed by atoms with Crippen LogP contribution < -0.4 is 0 Å². The lowest BCUT2D eigenvalue weighted by Crippen LogP contribution is -2.44. The molecule has 0 unspecified atom stereocenters. The topological polar surface area (TPSA) is 116 Å². The van der Waals surface area contributed by atoms with Crippen molar-refractivity contribution >= 4 is 22.1 Å². The van der Waals surface area contributed by atoms with Crippen LogP contribution in [-0.2, 0) is 33.4 Å². The Morgan fingerprint density at radius 2 is 1.54 bits per heavy atom. The van der Waals surface area contributed by atoms with E-state index in [-0.39, 0.29) is 18.1 Å². The molecule has 0 radical (unpaired) electrons. The monoisotopic (exact) mass is 360 g/mol. The normalized spacial score (nSPS) is 13.8. The Morgan fingerprint density at radius 3 is 2.04 bits per heavy atom. The van der Waals surface area contributed by atoms with Gasteiger partial charge in [0, 0.05) is 0 Å². The minimum Gasteiger partial charge on any atom is -0.464 e. The van der Waals surface area contributed by atoms with Crippen LogP contribution in [0, 0.1) is 6.92 Å². The van der Waals surface area contributed by atoms with Gasteiger partial charge in [-0.25, -0.2) is 13.8 Å². The average Bonchev–Trinajstić information content (AvgIpc) is 2.53. The van der Waals surface area contributed by atoms with Crippen molar-refractivity contribution in [3.8, 4) is 0 Å². The fourth-order valence-electron chi connectivity index (χ4n) is 1.69. The highest BCUT2D eigenvalue weighted by molar-refractivity contribution is 7.86. The summed E-state index contributed by atoms with van der Waals surface area (Å²) in [5, 5.41) is 9.90. The van der Waals surface area contributed by atoms with Gasteiger partial charge in [0.15, 0.2) is 6.10 Å². The lowest BCUT2D eigenvalue weighted by Gasteiger charge is -2.20. The summed E-state index contributed by atoms with van der Waals surface area (Å²) in [4.78, 5) is 23.3. The Bertz CT molecular complexity index is 665. The van der Waals surface area contributed by atoms with E-state index in [4.69, 9.17) is 4.18 Å². The second kappa shape index (κ2) is 8.76. The summed E-state index contributed by atoms with van der Waals surface area (Å²) >= 11 is 0. The summed E-state index contributed by atoms with van der Waals surface area (Å²) < 4.78 is 38.5. The molecule has 1 aromatic carbocycles. The molecule has 0 aliphatic rings. The van der Waals surface area contributed by atoms with Crippen LogP contribution in [0.4, 0.5) is 0 Å². The first-order valence-corrected chi connectivity index (χ1v) is 8.65. The van der Waals surface area contributed by atoms with E-state index in [1.165, 1.54) is 38.1 Å². The van der Waals surface area contributed by atoms with Crippen LogP contribution in [0.1, 0.15) is 19.4 Å². The van der Waals surface area contributed by atoms with Gasteiger partial charge in [-0.2, -0.15) is 8.42 Å². The third kappa shape index (κ3) is 5.29. The number of aliphatic hydroxyl groups excluding tert-OH is 1. The third-order valence-corrected chi connectivity index (χ3v) is 4.18. The zero-order chi connectivity index (χ0) is 18.3. The molecule has 8 nitrogen and oxygen atoms in total. The molecule has 1 aromatic rings. The first kappa shape index (κ1) is 20.1. The van der Waals surface area contributed by atoms with Crippen LogP contribution in [0.5, 0.6) is 0 Å². The predicted molar refractivity (Wildman–Crippen MR) is 82.5 cm³/mol. The van der Waals surface area contributed by atoms with Gasteiger partial charge in [-0.05, 0) is 32.9 Å². The smallest absolute Gasteiger partial charge is 0.340 e. The summed E-state index contributed by atoms with van der Waals surface area (Å²) in [6.45, 7) is 4.60. The summed E-state index contributed by atoms with van der Waals surface area (Å²) in [5.41, 5.74) is 0.822. The molecule has 2 atom stereocenters. The molecule has 0 aliphatic heterocycles. The van der Waals surface area contributed by atoms with E-state index >= 15 is 0 Å². The quantitative estimate of drug-likeness (QED) is 0.528. The second-order valence-corrected chi connectivity index (χ2v) is 6.31. The second-order valence-electron chi connectivity index (χ2n) is 4.73. The van der Waals surface area contributed by atoms with E-state index in [1.54, 1.807) is 6.92 Å². The first-order valence-electron chi connectivity index (χ1n) is 7.24. The summed E-state index contributed by atoms with van der Waals surface area (Å²) in [5.74, 6) is -2.37. The molecule has 24 heavy (non-hydrogen) atoms. The number of benzene rings is 1. The molecule has 0 heterocycles. The maximum atomic E-state index is 12.3. The zero-order valence-corrected chi connectivity index (χ0v) is 14.4. The van der Waals surface area contributed by atoms with Gasteiger partial charge in [-0.3, -0.25) is 0 Å². The number of ether oxygens (including phenoxy) is 2. The number of aliphatic hydroxyl groups is 1. The molecule has 1 rings (SSSR count). The number of esters is 2. The molecule has 0 spiro atoms. The largest absolute Gasteiger partial charge is 0.464 e. The molecule has 0 saturated carbocycles. The molecule has 0 aliphatic carbocycles. The fourth-order valence-corrected chi connectivity index (χ4v) is 2.73. The van der Waals surface area contributed by atoms with Crippen LogP contribution in [0.25, 0.3) is 0 Å². The number of carbonyl (C=O) groups excluding carboxylic acids is 2. The Hall–Kier alpha value is -1.97. The van der Waals surface area contributed by atoms with Crippen molar-refractivity contribution in [1.29, 1.82) is 0 Å². The molecule has 0 amide bonds. The molecular formula is C15H20O8S. The highest BCUT2D eigenvalue weighted by Crippen LogP contribution is 2.18. The van der Waals surface area contributed by atoms with Crippen molar-refractivity contribution in [2.75, 3.05) is 13.2 Å². The molecule has 134 valence electrons. The van der Waals surface area contributed by atoms with Crippen LogP contribution in [0.15, 0.2) is 29.2 Å². The Morgan fingerprint density at radius 1 is 1.04 bits per heavy atom. The third-order valence-electron chi connectivity index (χ3n) is 2.87. The Labute approximate surface area is 140 Å². The Kier molecular flexibility index (Phi) is 7.33. The summed E-state index contributed by atoms with van der Waals surface area (Å²) in [6, 6.07) is 5.64. The van der Waals surface area contributed by atoms with Gasteiger partial charge in [0.2, 0.25) is 6.10 Å². The van der Waals surface area contributed by atoms with Crippen molar-refractivity contribution in [3.05, 3.63) is 29.8 Å². The average molecular weight is 360 g/mol. The molecule has 1 N–H and O–H groups in total. The van der Waals surface area contributed by atoms with Crippen molar-refractivity contribution in [1.82, 2.24) is 0 Å². The number of hydrogen-bond acceptors (Lipinski definition) is 8. The SMILES string of the molecule is CCOC(=O)[C@@H](O)[C@H](OS(=O)(=O)c1ccc(C)cc1)C(=O)OCC. The zero-order valence-electron chi connectivity index (χ0n) is 13.6. The molecule has 9 heteroatoms. The van der Waals surface area contributed by atoms with Crippen molar-refractivity contribution < 1.29 is 36.8 Å². The highest BCUT2D eigenvalue weighted by atomic mass is 32.2. The summed E-state index contributed by atoms with van der Waals surface area (Å²) in [7, 11) is -4.40. The molecular weight excluding hydrogens is 340 g/mol. The molecule has 0 fully saturated rings. The van der Waals surface area contributed by atoms with Gasteiger partial charge in [-0.1, -0.05) is 17.7 Å². The summed E-state index contributed by atoms with van der Waals surface area (Å²) in [6.07, 6.45) is -4.19. The maximum absolute atomic E-state index is 12.3. The van der Waals surface area contributed by atoms with Gasteiger partial charge in [0.1, 0.15) is 0 Å². The van der Waals surface area contributed by atoms with E-state index in [2.05, 4.69) is 9.47 Å². The van der Waals surface area contributed by atoms with E-state index in [9.17, 15) is 23.1 Å². The molecule has 0 saturated heterocycles. The number of aryl methyl sites for hydroxylation is 1. The molecule has 0 aromatic heterocycles. The van der Waals surface area contributed by atoms with Crippen LogP contribution in [0.2, 0.25) is 0 Å². The minimum atomic E-state index is -4.40. The first-order chi connectivity index (χ1) is 11.2. The van der Waals surface area contributed by atoms with Gasteiger partial charge in [0.25, 0.3) is 10.1 Å².